The van der Waals surface area contributed by atoms with E-state index in [1.54, 1.807) is 6.21 Å². The van der Waals surface area contributed by atoms with Gasteiger partial charge in [-0.2, -0.15) is 0 Å². The Hall–Kier alpha value is -1.05. The number of allylic oxidation sites excluding steroid dienone is 2. The van der Waals surface area contributed by atoms with Crippen molar-refractivity contribution in [2.24, 2.45) is 10.7 Å². The molecule has 0 rings (SSSR count). The second kappa shape index (κ2) is 5.58. The van der Waals surface area contributed by atoms with Crippen LogP contribution in [0.25, 0.3) is 0 Å². The van der Waals surface area contributed by atoms with E-state index in [9.17, 15) is 0 Å². The average Bonchev–Trinajstić information content (AvgIpc) is 2.00. The van der Waals surface area contributed by atoms with E-state index >= 15 is 0 Å². The first kappa shape index (κ1) is 11.0. The molecule has 0 aromatic carbocycles. The molecule has 2 heteroatoms. The van der Waals surface area contributed by atoms with E-state index in [2.05, 4.69) is 18.5 Å². The summed E-state index contributed by atoms with van der Waals surface area (Å²) in [4.78, 5) is 4.04. The summed E-state index contributed by atoms with van der Waals surface area (Å²) in [5.74, 6) is 0.642. The van der Waals surface area contributed by atoms with E-state index in [-0.39, 0.29) is 0 Å². The van der Waals surface area contributed by atoms with Gasteiger partial charge in [0.2, 0.25) is 0 Å². The van der Waals surface area contributed by atoms with Crippen LogP contribution in [0.2, 0.25) is 0 Å². The molecule has 2 N–H and O–H groups in total. The molecule has 0 aliphatic carbocycles. The molecule has 0 aliphatic heterocycles. The highest BCUT2D eigenvalue weighted by molar-refractivity contribution is 5.55. The summed E-state index contributed by atoms with van der Waals surface area (Å²) in [6.07, 6.45) is 3.51. The fourth-order valence-corrected chi connectivity index (χ4v) is 0.991. The molecule has 0 saturated heterocycles. The second-order valence-electron chi connectivity index (χ2n) is 2.86. The summed E-state index contributed by atoms with van der Waals surface area (Å²) in [5.41, 5.74) is 8.02. The van der Waals surface area contributed by atoms with Crippen LogP contribution in [-0.2, 0) is 0 Å². The molecule has 0 radical (unpaired) electrons. The first-order valence-electron chi connectivity index (χ1n) is 4.22. The SMILES string of the molecule is C=C(C)C/C(CC)=C(/N)N=CC. The molecule has 68 valence electrons. The van der Waals surface area contributed by atoms with Crippen LogP contribution < -0.4 is 5.73 Å². The van der Waals surface area contributed by atoms with Crippen molar-refractivity contribution in [2.75, 3.05) is 0 Å². The van der Waals surface area contributed by atoms with Gasteiger partial charge in [0, 0.05) is 6.21 Å². The molecule has 0 spiro atoms. The number of nitrogens with two attached hydrogens (primary N) is 1. The van der Waals surface area contributed by atoms with Crippen LogP contribution in [0.15, 0.2) is 28.5 Å². The number of nitrogens with zero attached hydrogens (tertiary/aromatic N) is 1. The minimum absolute atomic E-state index is 0.642. The first-order chi connectivity index (χ1) is 5.61. The van der Waals surface area contributed by atoms with Gasteiger partial charge in [0.1, 0.15) is 5.82 Å². The molecule has 0 bridgehead atoms. The zero-order chi connectivity index (χ0) is 9.56. The second-order valence-corrected chi connectivity index (χ2v) is 2.86. The van der Waals surface area contributed by atoms with Crippen LogP contribution >= 0.6 is 0 Å². The lowest BCUT2D eigenvalue weighted by Gasteiger charge is -2.05. The maximum Gasteiger partial charge on any atom is 0.122 e. The van der Waals surface area contributed by atoms with Gasteiger partial charge in [-0.1, -0.05) is 19.1 Å². The van der Waals surface area contributed by atoms with Gasteiger partial charge in [-0.3, -0.25) is 0 Å². The molecule has 0 fully saturated rings. The van der Waals surface area contributed by atoms with E-state index < -0.39 is 0 Å². The predicted octanol–water partition coefficient (Wildman–Crippen LogP) is 2.62. The normalized spacial score (nSPS) is 13.2. The Morgan fingerprint density at radius 1 is 1.58 bits per heavy atom. The van der Waals surface area contributed by atoms with Crippen molar-refractivity contribution in [3.8, 4) is 0 Å². The van der Waals surface area contributed by atoms with Crippen molar-refractivity contribution in [3.05, 3.63) is 23.5 Å². The van der Waals surface area contributed by atoms with E-state index in [4.69, 9.17) is 5.73 Å². The molecule has 0 aromatic rings. The van der Waals surface area contributed by atoms with E-state index in [0.717, 1.165) is 18.4 Å². The Bertz CT molecular complexity index is 212. The fourth-order valence-electron chi connectivity index (χ4n) is 0.991. The zero-order valence-electron chi connectivity index (χ0n) is 8.22. The quantitative estimate of drug-likeness (QED) is 0.506. The smallest absolute Gasteiger partial charge is 0.122 e. The van der Waals surface area contributed by atoms with Crippen molar-refractivity contribution in [1.29, 1.82) is 0 Å². The summed E-state index contributed by atoms with van der Waals surface area (Å²) in [6.45, 7) is 9.78. The number of hydrogen-bond acceptors (Lipinski definition) is 2. The Balaban J connectivity index is 4.49. The monoisotopic (exact) mass is 166 g/mol. The lowest BCUT2D eigenvalue weighted by Crippen LogP contribution is -2.00. The Morgan fingerprint density at radius 2 is 2.17 bits per heavy atom. The van der Waals surface area contributed by atoms with E-state index in [1.165, 1.54) is 5.57 Å². The average molecular weight is 166 g/mol. The molecular formula is C10H18N2. The maximum absolute atomic E-state index is 5.73. The predicted molar refractivity (Wildman–Crippen MR) is 55.1 cm³/mol. The number of rotatable bonds is 4. The van der Waals surface area contributed by atoms with Crippen LogP contribution in [0, 0.1) is 0 Å². The molecule has 0 amide bonds. The molecule has 0 aliphatic rings. The van der Waals surface area contributed by atoms with Gasteiger partial charge in [0.05, 0.1) is 0 Å². The van der Waals surface area contributed by atoms with Crippen molar-refractivity contribution < 1.29 is 0 Å². The fraction of sp³-hybridized carbons (Fsp3) is 0.500. The number of hydrogen-bond donors (Lipinski definition) is 1. The van der Waals surface area contributed by atoms with Crippen LogP contribution in [0.3, 0.4) is 0 Å². The van der Waals surface area contributed by atoms with E-state index in [0.29, 0.717) is 5.82 Å². The van der Waals surface area contributed by atoms with Crippen molar-refractivity contribution in [2.45, 2.75) is 33.6 Å². The van der Waals surface area contributed by atoms with Gasteiger partial charge in [0.15, 0.2) is 0 Å². The largest absolute Gasteiger partial charge is 0.384 e. The molecule has 0 heterocycles. The first-order valence-corrected chi connectivity index (χ1v) is 4.22. The molecule has 0 aromatic heterocycles. The topological polar surface area (TPSA) is 38.4 Å². The summed E-state index contributed by atoms with van der Waals surface area (Å²) in [6, 6.07) is 0. The standard InChI is InChI=1S/C10H18N2/c1-5-9(7-8(3)4)10(11)12-6-2/h6H,3,5,7,11H2,1-2,4H3/b10-9-,12-6?. The molecular weight excluding hydrogens is 148 g/mol. The van der Waals surface area contributed by atoms with Gasteiger partial charge < -0.3 is 5.73 Å². The number of aliphatic imine (C=N–C) groups is 1. The lowest BCUT2D eigenvalue weighted by molar-refractivity contribution is 0.943. The molecule has 0 atom stereocenters. The highest BCUT2D eigenvalue weighted by atomic mass is 14.9. The Labute approximate surface area is 74.9 Å². The summed E-state index contributed by atoms with van der Waals surface area (Å²) < 4.78 is 0. The highest BCUT2D eigenvalue weighted by Crippen LogP contribution is 2.14. The third-order valence-electron chi connectivity index (χ3n) is 1.57. The third kappa shape index (κ3) is 3.96. The third-order valence-corrected chi connectivity index (χ3v) is 1.57. The van der Waals surface area contributed by atoms with Crippen LogP contribution in [0.5, 0.6) is 0 Å². The summed E-state index contributed by atoms with van der Waals surface area (Å²) >= 11 is 0. The zero-order valence-corrected chi connectivity index (χ0v) is 8.22. The van der Waals surface area contributed by atoms with Gasteiger partial charge in [-0.15, -0.1) is 0 Å². The van der Waals surface area contributed by atoms with Crippen molar-refractivity contribution >= 4 is 6.21 Å². The Kier molecular flexibility index (Phi) is 5.09. The molecule has 12 heavy (non-hydrogen) atoms. The van der Waals surface area contributed by atoms with Crippen LogP contribution in [0.4, 0.5) is 0 Å². The minimum Gasteiger partial charge on any atom is -0.384 e. The van der Waals surface area contributed by atoms with E-state index in [1.807, 2.05) is 13.8 Å². The minimum atomic E-state index is 0.642. The summed E-state index contributed by atoms with van der Waals surface area (Å²) in [5, 5.41) is 0. The van der Waals surface area contributed by atoms with Crippen LogP contribution in [0.1, 0.15) is 33.6 Å². The summed E-state index contributed by atoms with van der Waals surface area (Å²) in [7, 11) is 0. The van der Waals surface area contributed by atoms with Crippen LogP contribution in [-0.4, -0.2) is 6.21 Å². The molecule has 0 unspecified atom stereocenters. The van der Waals surface area contributed by atoms with Gasteiger partial charge in [-0.25, -0.2) is 4.99 Å². The Morgan fingerprint density at radius 3 is 2.50 bits per heavy atom. The van der Waals surface area contributed by atoms with Crippen molar-refractivity contribution in [3.63, 3.8) is 0 Å². The van der Waals surface area contributed by atoms with Gasteiger partial charge in [0.25, 0.3) is 0 Å². The van der Waals surface area contributed by atoms with Crippen molar-refractivity contribution in [1.82, 2.24) is 0 Å². The highest BCUT2D eigenvalue weighted by Gasteiger charge is 1.99. The molecule has 2 nitrogen and oxygen atoms in total. The van der Waals surface area contributed by atoms with Gasteiger partial charge >= 0.3 is 0 Å². The lowest BCUT2D eigenvalue weighted by atomic mass is 10.1. The molecule has 0 saturated carbocycles. The maximum atomic E-state index is 5.73. The van der Waals surface area contributed by atoms with Gasteiger partial charge in [-0.05, 0) is 32.3 Å².